The van der Waals surface area contributed by atoms with Gasteiger partial charge in [-0.15, -0.1) is 0 Å². The molecule has 2 rings (SSSR count). The maximum absolute atomic E-state index is 10.9. The average Bonchev–Trinajstić information content (AvgIpc) is 2.67. The molecule has 0 radical (unpaired) electrons. The number of carboxylic acid groups (broad SMARTS) is 1. The largest absolute Gasteiger partial charge is 0.478 e. The quantitative estimate of drug-likeness (QED) is 0.813. The van der Waals surface area contributed by atoms with E-state index in [1.54, 1.807) is 0 Å². The molecular formula is C11H15NO3. The summed E-state index contributed by atoms with van der Waals surface area (Å²) in [7, 11) is 0. The number of hydrogen-bond donors (Lipinski definition) is 1. The summed E-state index contributed by atoms with van der Waals surface area (Å²) in [6.45, 7) is 2.16. The third-order valence-electron chi connectivity index (χ3n) is 3.29. The third-order valence-corrected chi connectivity index (χ3v) is 3.29. The second-order valence-electron chi connectivity index (χ2n) is 4.29. The van der Waals surface area contributed by atoms with E-state index in [9.17, 15) is 4.79 Å². The van der Waals surface area contributed by atoms with Crippen molar-refractivity contribution in [2.75, 3.05) is 0 Å². The third kappa shape index (κ3) is 1.89. The van der Waals surface area contributed by atoms with Crippen molar-refractivity contribution in [1.29, 1.82) is 0 Å². The predicted molar refractivity (Wildman–Crippen MR) is 53.8 cm³/mol. The summed E-state index contributed by atoms with van der Waals surface area (Å²) in [6, 6.07) is 0. The van der Waals surface area contributed by atoms with Gasteiger partial charge in [0.25, 0.3) is 0 Å². The van der Waals surface area contributed by atoms with E-state index in [0.29, 0.717) is 11.6 Å². The van der Waals surface area contributed by atoms with Crippen molar-refractivity contribution >= 4 is 5.97 Å². The van der Waals surface area contributed by atoms with Crippen LogP contribution < -0.4 is 0 Å². The van der Waals surface area contributed by atoms with Gasteiger partial charge in [-0.1, -0.05) is 31.3 Å². The van der Waals surface area contributed by atoms with Gasteiger partial charge >= 0.3 is 5.97 Å². The first kappa shape index (κ1) is 10.2. The Kier molecular flexibility index (Phi) is 2.75. The van der Waals surface area contributed by atoms with E-state index in [1.807, 2.05) is 0 Å². The second kappa shape index (κ2) is 4.04. The standard InChI is InChI=1S/C11H15NO3/c1-7-4-2-3-5-8(7)10-9(11(13)14)6-15-12-10/h6-8H,2-5H2,1H3,(H,13,14)/t7-,8+/m0/s1. The van der Waals surface area contributed by atoms with Gasteiger partial charge in [0, 0.05) is 5.92 Å². The van der Waals surface area contributed by atoms with Gasteiger partial charge in [-0.25, -0.2) is 4.79 Å². The first-order valence-electron chi connectivity index (χ1n) is 5.37. The molecule has 0 aromatic carbocycles. The zero-order valence-corrected chi connectivity index (χ0v) is 8.77. The van der Waals surface area contributed by atoms with Crippen LogP contribution in [-0.4, -0.2) is 16.2 Å². The lowest BCUT2D eigenvalue weighted by molar-refractivity contribution is 0.0693. The summed E-state index contributed by atoms with van der Waals surface area (Å²) in [4.78, 5) is 10.9. The van der Waals surface area contributed by atoms with Crippen LogP contribution >= 0.6 is 0 Å². The van der Waals surface area contributed by atoms with Gasteiger partial charge in [0.05, 0.1) is 0 Å². The number of rotatable bonds is 2. The molecule has 1 aliphatic carbocycles. The van der Waals surface area contributed by atoms with Gasteiger partial charge in [-0.3, -0.25) is 0 Å². The van der Waals surface area contributed by atoms with Crippen LogP contribution in [0.4, 0.5) is 0 Å². The van der Waals surface area contributed by atoms with Crippen molar-refractivity contribution in [1.82, 2.24) is 5.16 Å². The molecule has 0 bridgehead atoms. The van der Waals surface area contributed by atoms with Gasteiger partial charge in [-0.2, -0.15) is 0 Å². The van der Waals surface area contributed by atoms with Crippen molar-refractivity contribution in [3.05, 3.63) is 17.5 Å². The molecule has 2 atom stereocenters. The summed E-state index contributed by atoms with van der Waals surface area (Å²) in [6.07, 6.45) is 5.79. The minimum absolute atomic E-state index is 0.230. The Balaban J connectivity index is 2.27. The highest BCUT2D eigenvalue weighted by Gasteiger charge is 2.29. The molecule has 1 aromatic heterocycles. The smallest absolute Gasteiger partial charge is 0.340 e. The summed E-state index contributed by atoms with van der Waals surface area (Å²) in [5.74, 6) is -0.186. The van der Waals surface area contributed by atoms with Crippen molar-refractivity contribution in [3.8, 4) is 0 Å². The molecule has 0 aliphatic heterocycles. The molecule has 4 heteroatoms. The van der Waals surface area contributed by atoms with Crippen LogP contribution in [0.2, 0.25) is 0 Å². The van der Waals surface area contributed by atoms with E-state index >= 15 is 0 Å². The van der Waals surface area contributed by atoms with Crippen LogP contribution in [0.3, 0.4) is 0 Å². The van der Waals surface area contributed by atoms with E-state index in [-0.39, 0.29) is 11.5 Å². The van der Waals surface area contributed by atoms with Crippen LogP contribution in [0.5, 0.6) is 0 Å². The van der Waals surface area contributed by atoms with Gasteiger partial charge in [0.1, 0.15) is 17.5 Å². The molecule has 15 heavy (non-hydrogen) atoms. The molecule has 82 valence electrons. The molecular weight excluding hydrogens is 194 g/mol. The highest BCUT2D eigenvalue weighted by atomic mass is 16.5. The Morgan fingerprint density at radius 3 is 2.93 bits per heavy atom. The Bertz CT molecular complexity index is 358. The zero-order chi connectivity index (χ0) is 10.8. The summed E-state index contributed by atoms with van der Waals surface area (Å²) in [5.41, 5.74) is 0.864. The second-order valence-corrected chi connectivity index (χ2v) is 4.29. The Morgan fingerprint density at radius 2 is 2.27 bits per heavy atom. The minimum atomic E-state index is -0.941. The van der Waals surface area contributed by atoms with Crippen LogP contribution in [0.1, 0.15) is 54.6 Å². The van der Waals surface area contributed by atoms with Crippen LogP contribution in [0.15, 0.2) is 10.8 Å². The molecule has 1 fully saturated rings. The van der Waals surface area contributed by atoms with Crippen molar-refractivity contribution in [3.63, 3.8) is 0 Å². The van der Waals surface area contributed by atoms with E-state index < -0.39 is 5.97 Å². The summed E-state index contributed by atoms with van der Waals surface area (Å²) in [5, 5.41) is 12.8. The molecule has 1 heterocycles. The Morgan fingerprint density at radius 1 is 1.53 bits per heavy atom. The van der Waals surface area contributed by atoms with Gasteiger partial charge in [0.15, 0.2) is 0 Å². The zero-order valence-electron chi connectivity index (χ0n) is 8.77. The van der Waals surface area contributed by atoms with E-state index in [2.05, 4.69) is 12.1 Å². The Hall–Kier alpha value is -1.32. The van der Waals surface area contributed by atoms with Crippen molar-refractivity contribution < 1.29 is 14.4 Å². The topological polar surface area (TPSA) is 63.3 Å². The normalized spacial score (nSPS) is 26.5. The molecule has 1 aromatic rings. The number of carbonyl (C=O) groups is 1. The highest BCUT2D eigenvalue weighted by molar-refractivity contribution is 5.88. The number of hydrogen-bond acceptors (Lipinski definition) is 3. The van der Waals surface area contributed by atoms with Crippen molar-refractivity contribution in [2.45, 2.75) is 38.5 Å². The first-order chi connectivity index (χ1) is 7.20. The fraction of sp³-hybridized carbons (Fsp3) is 0.636. The van der Waals surface area contributed by atoms with E-state index in [1.165, 1.54) is 12.7 Å². The predicted octanol–water partition coefficient (Wildman–Crippen LogP) is 2.67. The van der Waals surface area contributed by atoms with Crippen LogP contribution in [0.25, 0.3) is 0 Å². The first-order valence-corrected chi connectivity index (χ1v) is 5.37. The van der Waals surface area contributed by atoms with Gasteiger partial charge in [-0.05, 0) is 12.3 Å². The highest BCUT2D eigenvalue weighted by Crippen LogP contribution is 2.37. The number of aromatic nitrogens is 1. The lowest BCUT2D eigenvalue weighted by Crippen LogP contribution is -2.17. The molecule has 0 amide bonds. The van der Waals surface area contributed by atoms with Crippen LogP contribution in [0, 0.1) is 5.92 Å². The lowest BCUT2D eigenvalue weighted by Gasteiger charge is -2.27. The Labute approximate surface area is 88.3 Å². The monoisotopic (exact) mass is 209 g/mol. The SMILES string of the molecule is C[C@H]1CCCC[C@H]1c1nocc1C(=O)O. The number of carboxylic acids is 1. The molecule has 4 nitrogen and oxygen atoms in total. The van der Waals surface area contributed by atoms with E-state index in [0.717, 1.165) is 19.3 Å². The lowest BCUT2D eigenvalue weighted by atomic mass is 9.78. The van der Waals surface area contributed by atoms with Crippen molar-refractivity contribution in [2.24, 2.45) is 5.92 Å². The number of nitrogens with zero attached hydrogens (tertiary/aromatic N) is 1. The fourth-order valence-electron chi connectivity index (χ4n) is 2.40. The van der Waals surface area contributed by atoms with E-state index in [4.69, 9.17) is 9.63 Å². The molecule has 1 saturated carbocycles. The number of aromatic carboxylic acids is 1. The van der Waals surface area contributed by atoms with Crippen LogP contribution in [-0.2, 0) is 0 Å². The minimum Gasteiger partial charge on any atom is -0.478 e. The molecule has 1 aliphatic rings. The summed E-state index contributed by atoms with van der Waals surface area (Å²) >= 11 is 0. The molecule has 1 N–H and O–H groups in total. The van der Waals surface area contributed by atoms with Gasteiger partial charge < -0.3 is 9.63 Å². The van der Waals surface area contributed by atoms with Gasteiger partial charge in [0.2, 0.25) is 0 Å². The fourth-order valence-corrected chi connectivity index (χ4v) is 2.40. The maximum Gasteiger partial charge on any atom is 0.340 e. The summed E-state index contributed by atoms with van der Waals surface area (Å²) < 4.78 is 4.78. The maximum atomic E-state index is 10.9. The molecule has 0 spiro atoms. The molecule has 0 saturated heterocycles. The molecule has 0 unspecified atom stereocenters. The average molecular weight is 209 g/mol.